The maximum Gasteiger partial charge on any atom is 0.294 e. The largest absolute Gasteiger partial charge is 0.379 e. The number of sulfonamides is 1. The molecule has 3 aromatic rings. The molecule has 176 valence electrons. The number of hydrogen-bond donors (Lipinski definition) is 2. The molecule has 3 aromatic carbocycles. The van der Waals surface area contributed by atoms with Crippen LogP contribution < -0.4 is 10.6 Å². The van der Waals surface area contributed by atoms with Crippen molar-refractivity contribution >= 4 is 38.7 Å². The van der Waals surface area contributed by atoms with Gasteiger partial charge in [0.05, 0.1) is 28.6 Å². The summed E-state index contributed by atoms with van der Waals surface area (Å²) in [6, 6.07) is 19.3. The van der Waals surface area contributed by atoms with Gasteiger partial charge in [0.2, 0.25) is 10.0 Å². The molecule has 0 aromatic heterocycles. The highest BCUT2D eigenvalue weighted by Gasteiger charge is 2.32. The SMILES string of the molecule is O=C(Nc1ccccc1)c1cc(S(=O)(=O)N2CCOCC2)cc([N+](=O)[O-])c1Nc1ccccc1. The number of hydrogen-bond acceptors (Lipinski definition) is 7. The van der Waals surface area contributed by atoms with E-state index in [1.54, 1.807) is 60.7 Å². The van der Waals surface area contributed by atoms with Crippen LogP contribution in [0.2, 0.25) is 0 Å². The number of carbonyl (C=O) groups excluding carboxylic acids is 1. The first-order valence-electron chi connectivity index (χ1n) is 10.4. The summed E-state index contributed by atoms with van der Waals surface area (Å²) in [5.74, 6) is -0.688. The molecule has 1 fully saturated rings. The van der Waals surface area contributed by atoms with Crippen LogP contribution in [0.3, 0.4) is 0 Å². The van der Waals surface area contributed by atoms with E-state index in [0.29, 0.717) is 11.4 Å². The van der Waals surface area contributed by atoms with Gasteiger partial charge >= 0.3 is 0 Å². The van der Waals surface area contributed by atoms with Crippen LogP contribution in [0.5, 0.6) is 0 Å². The summed E-state index contributed by atoms with van der Waals surface area (Å²) in [7, 11) is -4.10. The zero-order chi connectivity index (χ0) is 24.1. The van der Waals surface area contributed by atoms with E-state index in [9.17, 15) is 23.3 Å². The van der Waals surface area contributed by atoms with E-state index in [-0.39, 0.29) is 42.4 Å². The van der Waals surface area contributed by atoms with E-state index in [2.05, 4.69) is 10.6 Å². The van der Waals surface area contributed by atoms with Crippen molar-refractivity contribution in [1.29, 1.82) is 0 Å². The maximum atomic E-state index is 13.3. The van der Waals surface area contributed by atoms with E-state index in [1.165, 1.54) is 10.4 Å². The van der Waals surface area contributed by atoms with Gasteiger partial charge in [-0.15, -0.1) is 0 Å². The van der Waals surface area contributed by atoms with Crippen LogP contribution in [0, 0.1) is 10.1 Å². The van der Waals surface area contributed by atoms with Crippen LogP contribution in [-0.4, -0.2) is 49.9 Å². The lowest BCUT2D eigenvalue weighted by molar-refractivity contribution is -0.384. The molecule has 1 aliphatic heterocycles. The van der Waals surface area contributed by atoms with Gasteiger partial charge in [-0.3, -0.25) is 14.9 Å². The van der Waals surface area contributed by atoms with Crippen LogP contribution in [0.4, 0.5) is 22.7 Å². The molecular formula is C23H22N4O6S. The number of nitrogens with one attached hydrogen (secondary N) is 2. The molecule has 0 atom stereocenters. The second kappa shape index (κ2) is 10.00. The van der Waals surface area contributed by atoms with Gasteiger partial charge in [0.1, 0.15) is 5.69 Å². The Morgan fingerprint density at radius 1 is 0.941 bits per heavy atom. The summed E-state index contributed by atoms with van der Waals surface area (Å²) < 4.78 is 32.9. The fourth-order valence-corrected chi connectivity index (χ4v) is 4.98. The first-order chi connectivity index (χ1) is 16.4. The molecule has 10 nitrogen and oxygen atoms in total. The van der Waals surface area contributed by atoms with E-state index in [1.807, 2.05) is 0 Å². The Kier molecular flexibility index (Phi) is 6.87. The summed E-state index contributed by atoms with van der Waals surface area (Å²) in [6.45, 7) is 0.671. The third-order valence-electron chi connectivity index (χ3n) is 5.21. The predicted octanol–water partition coefficient (Wildman–Crippen LogP) is 3.61. The third-order valence-corrected chi connectivity index (χ3v) is 7.09. The van der Waals surface area contributed by atoms with E-state index >= 15 is 0 Å². The molecule has 1 aliphatic rings. The van der Waals surface area contributed by atoms with Crippen LogP contribution in [-0.2, 0) is 14.8 Å². The molecule has 0 unspecified atom stereocenters. The summed E-state index contributed by atoms with van der Waals surface area (Å²) in [5, 5.41) is 17.6. The quantitative estimate of drug-likeness (QED) is 0.388. The molecule has 0 saturated carbocycles. The third kappa shape index (κ3) is 5.06. The van der Waals surface area contributed by atoms with Gasteiger partial charge in [0.25, 0.3) is 11.6 Å². The van der Waals surface area contributed by atoms with E-state index in [4.69, 9.17) is 4.74 Å². The van der Waals surface area contributed by atoms with Crippen LogP contribution in [0.1, 0.15) is 10.4 Å². The van der Waals surface area contributed by atoms with Crippen molar-refractivity contribution in [2.24, 2.45) is 0 Å². The first-order valence-corrected chi connectivity index (χ1v) is 11.9. The van der Waals surface area contributed by atoms with E-state index in [0.717, 1.165) is 6.07 Å². The summed E-state index contributed by atoms with van der Waals surface area (Å²) in [5.41, 5.74) is 0.154. The number of nitro benzene ring substituents is 1. The van der Waals surface area contributed by atoms with Crippen LogP contribution in [0.15, 0.2) is 77.7 Å². The number of morpholine rings is 1. The summed E-state index contributed by atoms with van der Waals surface area (Å²) >= 11 is 0. The van der Waals surface area contributed by atoms with Crippen molar-refractivity contribution in [2.45, 2.75) is 4.90 Å². The molecule has 0 bridgehead atoms. The number of rotatable bonds is 7. The maximum absolute atomic E-state index is 13.3. The Morgan fingerprint density at radius 2 is 1.53 bits per heavy atom. The normalized spacial score (nSPS) is 14.4. The lowest BCUT2D eigenvalue weighted by Crippen LogP contribution is -2.40. The van der Waals surface area contributed by atoms with Crippen molar-refractivity contribution in [3.63, 3.8) is 0 Å². The highest BCUT2D eigenvalue weighted by atomic mass is 32.2. The lowest BCUT2D eigenvalue weighted by Gasteiger charge is -2.26. The highest BCUT2D eigenvalue weighted by molar-refractivity contribution is 7.89. The first kappa shape index (κ1) is 23.4. The molecule has 1 heterocycles. The average Bonchev–Trinajstić information content (AvgIpc) is 2.85. The van der Waals surface area contributed by atoms with Gasteiger partial charge < -0.3 is 15.4 Å². The number of nitrogens with zero attached hydrogens (tertiary/aromatic N) is 2. The molecule has 1 amide bonds. The lowest BCUT2D eigenvalue weighted by atomic mass is 10.1. The highest BCUT2D eigenvalue weighted by Crippen LogP contribution is 2.36. The average molecular weight is 483 g/mol. The molecule has 2 N–H and O–H groups in total. The minimum Gasteiger partial charge on any atom is -0.379 e. The van der Waals surface area contributed by atoms with E-state index < -0.39 is 26.5 Å². The topological polar surface area (TPSA) is 131 Å². The smallest absolute Gasteiger partial charge is 0.294 e. The molecule has 0 radical (unpaired) electrons. The Morgan fingerprint density at radius 3 is 2.12 bits per heavy atom. The molecule has 1 saturated heterocycles. The predicted molar refractivity (Wildman–Crippen MR) is 127 cm³/mol. The second-order valence-corrected chi connectivity index (χ2v) is 9.39. The Bertz CT molecular complexity index is 1290. The zero-order valence-electron chi connectivity index (χ0n) is 18.0. The molecular weight excluding hydrogens is 460 g/mol. The van der Waals surface area contributed by atoms with Crippen molar-refractivity contribution in [3.8, 4) is 0 Å². The van der Waals surface area contributed by atoms with Crippen molar-refractivity contribution in [3.05, 3.63) is 88.5 Å². The monoisotopic (exact) mass is 482 g/mol. The molecule has 0 aliphatic carbocycles. The van der Waals surface area contributed by atoms with Gasteiger partial charge in [-0.05, 0) is 30.3 Å². The molecule has 0 spiro atoms. The van der Waals surface area contributed by atoms with Gasteiger partial charge in [-0.2, -0.15) is 4.31 Å². The second-order valence-electron chi connectivity index (χ2n) is 7.45. The minimum absolute atomic E-state index is 0.106. The number of anilines is 3. The number of amides is 1. The molecule has 4 rings (SSSR count). The Hall–Kier alpha value is -3.80. The Balaban J connectivity index is 1.85. The Labute approximate surface area is 196 Å². The fraction of sp³-hybridized carbons (Fsp3) is 0.174. The number of ether oxygens (including phenoxy) is 1. The van der Waals surface area contributed by atoms with Gasteiger partial charge in [-0.1, -0.05) is 36.4 Å². The number of carbonyl (C=O) groups is 1. The van der Waals surface area contributed by atoms with Crippen molar-refractivity contribution < 1.29 is 22.9 Å². The van der Waals surface area contributed by atoms with Crippen molar-refractivity contribution in [1.82, 2.24) is 4.31 Å². The number of para-hydroxylation sites is 2. The summed E-state index contributed by atoms with van der Waals surface area (Å²) in [4.78, 5) is 24.2. The van der Waals surface area contributed by atoms with Gasteiger partial charge in [-0.25, -0.2) is 8.42 Å². The summed E-state index contributed by atoms with van der Waals surface area (Å²) in [6.07, 6.45) is 0. The fourth-order valence-electron chi connectivity index (χ4n) is 3.53. The van der Waals surface area contributed by atoms with Crippen LogP contribution >= 0.6 is 0 Å². The molecule has 11 heteroatoms. The zero-order valence-corrected chi connectivity index (χ0v) is 18.8. The van der Waals surface area contributed by atoms with Gasteiger partial charge in [0, 0.05) is 30.5 Å². The van der Waals surface area contributed by atoms with Crippen molar-refractivity contribution in [2.75, 3.05) is 36.9 Å². The van der Waals surface area contributed by atoms with Gasteiger partial charge in [0.15, 0.2) is 0 Å². The van der Waals surface area contributed by atoms with Crippen LogP contribution in [0.25, 0.3) is 0 Å². The molecule has 34 heavy (non-hydrogen) atoms. The number of benzene rings is 3. The minimum atomic E-state index is -4.10. The standard InChI is InChI=1S/C23H22N4O6S/c28-23(25-18-9-5-2-6-10-18)20-15-19(34(31,32)26-11-13-33-14-12-26)16-21(27(29)30)22(20)24-17-7-3-1-4-8-17/h1-10,15-16,24H,11-14H2,(H,25,28). The number of nitro groups is 1.